The number of hydrogen-bond donors (Lipinski definition) is 0. The normalized spacial score (nSPS) is 13.3. The zero-order chi connectivity index (χ0) is 16.4. The molecule has 0 spiro atoms. The lowest BCUT2D eigenvalue weighted by Crippen LogP contribution is -1.91. The van der Waals surface area contributed by atoms with Crippen LogP contribution >= 0.6 is 0 Å². The van der Waals surface area contributed by atoms with Crippen LogP contribution in [0, 0.1) is 6.92 Å². The van der Waals surface area contributed by atoms with Gasteiger partial charge in [0, 0.05) is 0 Å². The van der Waals surface area contributed by atoms with Gasteiger partial charge >= 0.3 is 0 Å². The van der Waals surface area contributed by atoms with Gasteiger partial charge in [-0.25, -0.2) is 0 Å². The van der Waals surface area contributed by atoms with Crippen molar-refractivity contribution in [3.63, 3.8) is 0 Å². The predicted molar refractivity (Wildman–Crippen MR) is 101 cm³/mol. The van der Waals surface area contributed by atoms with Crippen LogP contribution in [0.1, 0.15) is 18.1 Å². The van der Waals surface area contributed by atoms with E-state index in [-0.39, 0.29) is 0 Å². The monoisotopic (exact) mass is 288 g/mol. The van der Waals surface area contributed by atoms with Gasteiger partial charge in [0.15, 0.2) is 0 Å². The minimum Gasteiger partial charge on any atom is -0.0990 e. The van der Waals surface area contributed by atoms with Gasteiger partial charge in [-0.1, -0.05) is 92.1 Å². The van der Waals surface area contributed by atoms with E-state index in [0.29, 0.717) is 0 Å². The molecule has 0 radical (unpaired) electrons. The van der Waals surface area contributed by atoms with E-state index in [1.807, 2.05) is 31.2 Å². The second-order valence-corrected chi connectivity index (χ2v) is 4.89. The fourth-order valence-electron chi connectivity index (χ4n) is 2.10. The fourth-order valence-corrected chi connectivity index (χ4v) is 2.10. The van der Waals surface area contributed by atoms with E-state index in [9.17, 15) is 0 Å². The molecule has 0 bridgehead atoms. The average Bonchev–Trinajstić information content (AvgIpc) is 2.52. The van der Waals surface area contributed by atoms with Crippen LogP contribution in [0.15, 0.2) is 103 Å². The van der Waals surface area contributed by atoms with Crippen molar-refractivity contribution < 1.29 is 0 Å². The highest BCUT2D eigenvalue weighted by atomic mass is 14.1. The van der Waals surface area contributed by atoms with E-state index in [1.165, 1.54) is 5.56 Å². The third kappa shape index (κ3) is 5.06. The third-order valence-electron chi connectivity index (χ3n) is 3.17. The lowest BCUT2D eigenvalue weighted by molar-refractivity contribution is 1.44. The van der Waals surface area contributed by atoms with Crippen molar-refractivity contribution in [2.75, 3.05) is 0 Å². The number of rotatable bonds is 7. The minimum atomic E-state index is 1.03. The molecule has 0 fully saturated rings. The zero-order valence-corrected chi connectivity index (χ0v) is 13.5. The molecule has 0 aliphatic heterocycles. The summed E-state index contributed by atoms with van der Waals surface area (Å²) < 4.78 is 0. The van der Waals surface area contributed by atoms with Gasteiger partial charge in [0.05, 0.1) is 0 Å². The Hall–Kier alpha value is -2.60. The molecule has 1 rings (SSSR count). The Morgan fingerprint density at radius 1 is 0.909 bits per heavy atom. The number of allylic oxidation sites excluding steroid dienone is 10. The summed E-state index contributed by atoms with van der Waals surface area (Å²) in [5.41, 5.74) is 5.61. The molecule has 0 aliphatic rings. The molecular formula is C22H24. The quantitative estimate of drug-likeness (QED) is 0.512. The highest BCUT2D eigenvalue weighted by molar-refractivity contribution is 5.70. The van der Waals surface area contributed by atoms with Crippen molar-refractivity contribution in [3.05, 3.63) is 114 Å². The number of benzene rings is 1. The highest BCUT2D eigenvalue weighted by Crippen LogP contribution is 2.25. The largest absolute Gasteiger partial charge is 0.0990 e. The van der Waals surface area contributed by atoms with Crippen LogP contribution in [0.25, 0.3) is 6.08 Å². The van der Waals surface area contributed by atoms with E-state index in [2.05, 4.69) is 63.1 Å². The molecule has 112 valence electrons. The minimum absolute atomic E-state index is 1.03. The maximum Gasteiger partial charge on any atom is -0.0106 e. The van der Waals surface area contributed by atoms with Crippen LogP contribution in [-0.2, 0) is 0 Å². The molecule has 0 atom stereocenters. The van der Waals surface area contributed by atoms with E-state index in [4.69, 9.17) is 0 Å². The summed E-state index contributed by atoms with van der Waals surface area (Å²) in [6.07, 6.45) is 15.6. The SMILES string of the molecule is C=C/C=C(C=C)/C(=C\c1ccc(C)cc1)C(/C=C\C)=C/C=C. The van der Waals surface area contributed by atoms with Crippen LogP contribution in [0.2, 0.25) is 0 Å². The summed E-state index contributed by atoms with van der Waals surface area (Å²) in [5, 5.41) is 0. The van der Waals surface area contributed by atoms with Crippen LogP contribution in [0.5, 0.6) is 0 Å². The molecule has 0 aliphatic carbocycles. The van der Waals surface area contributed by atoms with Gasteiger partial charge in [-0.15, -0.1) is 0 Å². The number of aryl methyl sites for hydroxylation is 1. The summed E-state index contributed by atoms with van der Waals surface area (Å²) >= 11 is 0. The first-order valence-electron chi connectivity index (χ1n) is 7.36. The van der Waals surface area contributed by atoms with E-state index in [1.54, 1.807) is 12.2 Å². The molecule has 0 heterocycles. The van der Waals surface area contributed by atoms with Gasteiger partial charge in [0.25, 0.3) is 0 Å². The lowest BCUT2D eigenvalue weighted by Gasteiger charge is -2.11. The second-order valence-electron chi connectivity index (χ2n) is 4.89. The molecule has 0 nitrogen and oxygen atoms in total. The molecular weight excluding hydrogens is 264 g/mol. The van der Waals surface area contributed by atoms with Crippen molar-refractivity contribution in [2.24, 2.45) is 0 Å². The molecule has 0 saturated heterocycles. The highest BCUT2D eigenvalue weighted by Gasteiger charge is 2.06. The van der Waals surface area contributed by atoms with Gasteiger partial charge in [0.2, 0.25) is 0 Å². The fraction of sp³-hybridized carbons (Fsp3) is 0.0909. The van der Waals surface area contributed by atoms with Gasteiger partial charge in [-0.2, -0.15) is 0 Å². The molecule has 0 N–H and O–H groups in total. The number of hydrogen-bond acceptors (Lipinski definition) is 0. The first kappa shape index (κ1) is 17.5. The van der Waals surface area contributed by atoms with Gasteiger partial charge in [-0.05, 0) is 42.2 Å². The second kappa shape index (κ2) is 9.36. The van der Waals surface area contributed by atoms with Crippen molar-refractivity contribution in [3.8, 4) is 0 Å². The van der Waals surface area contributed by atoms with Crippen molar-refractivity contribution in [1.29, 1.82) is 0 Å². The maximum absolute atomic E-state index is 3.92. The summed E-state index contributed by atoms with van der Waals surface area (Å²) in [6.45, 7) is 15.6. The Morgan fingerprint density at radius 3 is 2.00 bits per heavy atom. The van der Waals surface area contributed by atoms with Gasteiger partial charge in [0.1, 0.15) is 0 Å². The zero-order valence-electron chi connectivity index (χ0n) is 13.5. The Morgan fingerprint density at radius 2 is 1.50 bits per heavy atom. The average molecular weight is 288 g/mol. The molecule has 0 amide bonds. The van der Waals surface area contributed by atoms with E-state index < -0.39 is 0 Å². The summed E-state index contributed by atoms with van der Waals surface area (Å²) in [5.74, 6) is 0. The molecule has 1 aromatic rings. The van der Waals surface area contributed by atoms with Crippen LogP contribution in [0.4, 0.5) is 0 Å². The summed E-state index contributed by atoms with van der Waals surface area (Å²) in [7, 11) is 0. The van der Waals surface area contributed by atoms with Crippen molar-refractivity contribution in [1.82, 2.24) is 0 Å². The maximum atomic E-state index is 3.92. The third-order valence-corrected chi connectivity index (χ3v) is 3.17. The Bertz CT molecular complexity index is 644. The van der Waals surface area contributed by atoms with Gasteiger partial charge < -0.3 is 0 Å². The van der Waals surface area contributed by atoms with Crippen LogP contribution < -0.4 is 0 Å². The Labute approximate surface area is 134 Å². The van der Waals surface area contributed by atoms with Crippen molar-refractivity contribution >= 4 is 6.08 Å². The van der Waals surface area contributed by atoms with Crippen LogP contribution in [-0.4, -0.2) is 0 Å². The van der Waals surface area contributed by atoms with Crippen molar-refractivity contribution in [2.45, 2.75) is 13.8 Å². The molecule has 1 aromatic carbocycles. The molecule has 22 heavy (non-hydrogen) atoms. The topological polar surface area (TPSA) is 0 Å². The van der Waals surface area contributed by atoms with Gasteiger partial charge in [-0.3, -0.25) is 0 Å². The molecule has 0 saturated carbocycles. The Balaban J connectivity index is 3.50. The Kier molecular flexibility index (Phi) is 7.42. The first-order chi connectivity index (χ1) is 10.7. The molecule has 0 unspecified atom stereocenters. The lowest BCUT2D eigenvalue weighted by atomic mass is 9.94. The predicted octanol–water partition coefficient (Wildman–Crippen LogP) is 6.37. The smallest absolute Gasteiger partial charge is 0.0106 e. The van der Waals surface area contributed by atoms with Crippen LogP contribution in [0.3, 0.4) is 0 Å². The van der Waals surface area contributed by atoms with E-state index >= 15 is 0 Å². The molecule has 0 heteroatoms. The summed E-state index contributed by atoms with van der Waals surface area (Å²) in [4.78, 5) is 0. The summed E-state index contributed by atoms with van der Waals surface area (Å²) in [6, 6.07) is 8.46. The molecule has 0 aromatic heterocycles. The first-order valence-corrected chi connectivity index (χ1v) is 7.36. The van der Waals surface area contributed by atoms with E-state index in [0.717, 1.165) is 22.3 Å². The standard InChI is InChI=1S/C22H24/c1-6-10-20(9-4)22(21(11-7-2)12-8-3)17-19-15-13-18(5)14-16-19/h6-17H,1-2,4H2,3,5H3/b12-8-,20-10+,21-11+,22-17+.